The van der Waals surface area contributed by atoms with Crippen LogP contribution >= 0.6 is 15.9 Å². The van der Waals surface area contributed by atoms with Crippen LogP contribution in [0.25, 0.3) is 19.4 Å². The van der Waals surface area contributed by atoms with Crippen LogP contribution in [0.1, 0.15) is 173 Å². The van der Waals surface area contributed by atoms with Crippen LogP contribution in [0.15, 0.2) is 108 Å². The Morgan fingerprint density at radius 3 is 1.01 bits per heavy atom. The summed E-state index contributed by atoms with van der Waals surface area (Å²) in [5.41, 5.74) is 23.7. The molecule has 4 aromatic heterocycles. The zero-order valence-corrected chi connectivity index (χ0v) is 79.6. The van der Waals surface area contributed by atoms with E-state index in [4.69, 9.17) is 49.2 Å². The first-order valence-electron chi connectivity index (χ1n) is 45.0. The zero-order valence-electron chi connectivity index (χ0n) is 76.4. The number of piperidine rings is 4. The van der Waals surface area contributed by atoms with E-state index in [1.165, 1.54) is 43.6 Å². The molecule has 4 saturated carbocycles. The van der Waals surface area contributed by atoms with Crippen LogP contribution in [-0.2, 0) is 92.4 Å². The maximum Gasteiger partial charge on any atom is 0.254 e. The van der Waals surface area contributed by atoms with Gasteiger partial charge in [0.1, 0.15) is 56.0 Å². The molecule has 0 bridgehead atoms. The van der Waals surface area contributed by atoms with E-state index in [1.54, 1.807) is 55.4 Å². The largest absolute Gasteiger partial charge is 0.365 e. The van der Waals surface area contributed by atoms with Crippen molar-refractivity contribution in [2.24, 2.45) is 46.6 Å². The predicted molar refractivity (Wildman–Crippen MR) is 509 cm³/mol. The molecule has 8 aromatic rings. The van der Waals surface area contributed by atoms with Crippen molar-refractivity contribution in [1.82, 2.24) is 58.7 Å². The molecule has 4 aliphatic carbocycles. The molecular formula is C92H109BrF3N27O13S2. The quantitative estimate of drug-likeness (QED) is 0.0171. The number of carbonyl (C=O) groups excluding carboxylic acids is 9. The van der Waals surface area contributed by atoms with Crippen molar-refractivity contribution >= 4 is 129 Å². The summed E-state index contributed by atoms with van der Waals surface area (Å²) >= 11 is 3.17. The van der Waals surface area contributed by atoms with Crippen molar-refractivity contribution in [2.75, 3.05) is 127 Å². The molecule has 8 aliphatic rings. The Morgan fingerprint density at radius 1 is 0.406 bits per heavy atom. The van der Waals surface area contributed by atoms with Gasteiger partial charge >= 0.3 is 0 Å². The van der Waals surface area contributed by atoms with Gasteiger partial charge in [0.2, 0.25) is 75.8 Å². The standard InChI is InChI=1S/C24H29N7O3.2C23H28FN7O4S.C22H24BrFN6O2/c1-16(32)27-19-5-3-4-17(12-19)13-30-10-8-24(9-11-30,15-26-2)31-14-20(21(25)33)22(29-31)28-23(34)18-6-7-18;1-26-14-23(31-13-17(20(25)32)21(28-31)27-22(33)16-4-5-16)7-9-30(10-8-23)12-15-3-6-18(24)19(11-15)29-36(2,34)35;1-26-14-23(31-13-17(20(25)32)21(28-31)27-22(33)15-6-7-15)8-10-30(11-9-23)12-16-4-3-5-18(19(16)24)29-36(2,34)35;1-26-13-22(6-8-29(9-7-22)11-14-2-5-17(23)18(24)10-14)30-12-16(19(25)31)20(28-30)27-21(32)15-3-4-15/h3-5,12,14,18H,6-11,13,15H2,1H3,(H2,25,33)(H,27,32)(H,28,29,34);3,6,11,13,16,29H,4-5,7-10,12,14H2,2H3,(H2,25,32)(H,27,28,33);3-5,13,15,29H,6-12,14H2,2H3,(H2,25,32)(H,27,28,33);2,5,10,12,15H,3-4,6-9,11,13H2,(H2,25,31)(H,27,28,32). The Labute approximate surface area is 804 Å². The van der Waals surface area contributed by atoms with Gasteiger partial charge in [-0.3, -0.25) is 90.9 Å². The number of sulfonamides is 2. The third kappa shape index (κ3) is 26.3. The van der Waals surface area contributed by atoms with E-state index in [1.807, 2.05) is 35.2 Å². The molecule has 46 heteroatoms. The van der Waals surface area contributed by atoms with Gasteiger partial charge in [0.25, 0.3) is 23.6 Å². The minimum absolute atomic E-state index is 0.0320. The fraction of sp³-hybridized carbons (Fsp3) is 0.467. The van der Waals surface area contributed by atoms with Crippen molar-refractivity contribution in [3.8, 4) is 0 Å². The Morgan fingerprint density at radius 2 is 0.710 bits per heavy atom. The second-order valence-corrected chi connectivity index (χ2v) is 40.9. The summed E-state index contributed by atoms with van der Waals surface area (Å²) in [5, 5.41) is 31.6. The van der Waals surface area contributed by atoms with Gasteiger partial charge in [0.05, 0.1) is 28.4 Å². The topological polar surface area (TPSA) is 512 Å². The minimum Gasteiger partial charge on any atom is -0.365 e. The van der Waals surface area contributed by atoms with E-state index in [-0.39, 0.29) is 149 Å². The number of amides is 9. The molecule has 40 nitrogen and oxygen atoms in total. The molecule has 15 N–H and O–H groups in total. The highest BCUT2D eigenvalue weighted by Gasteiger charge is 2.48. The lowest BCUT2D eigenvalue weighted by Gasteiger charge is -2.38. The van der Waals surface area contributed by atoms with E-state index >= 15 is 0 Å². The smallest absolute Gasteiger partial charge is 0.254 e. The summed E-state index contributed by atoms with van der Waals surface area (Å²) in [6.07, 6.45) is 19.2. The van der Waals surface area contributed by atoms with Crippen molar-refractivity contribution in [1.29, 1.82) is 0 Å². The van der Waals surface area contributed by atoms with Crippen LogP contribution in [0.3, 0.4) is 0 Å². The molecular weight excluding hydrogens is 1890 g/mol. The number of nitrogens with one attached hydrogen (secondary N) is 7. The number of hydrogen-bond acceptors (Lipinski definition) is 21. The average molecular weight is 2000 g/mol. The Bertz CT molecular complexity index is 6350. The lowest BCUT2D eigenvalue weighted by Crippen LogP contribution is -2.48. The first-order chi connectivity index (χ1) is 65.6. The van der Waals surface area contributed by atoms with Gasteiger partial charge in [-0.15, -0.1) is 0 Å². The number of hydrogen-bond donors (Lipinski definition) is 11. The molecule has 8 fully saturated rings. The van der Waals surface area contributed by atoms with Crippen molar-refractivity contribution in [3.63, 3.8) is 0 Å². The van der Waals surface area contributed by atoms with Crippen LogP contribution < -0.4 is 59.0 Å². The maximum atomic E-state index is 14.9. The van der Waals surface area contributed by atoms with Crippen molar-refractivity contribution in [3.05, 3.63) is 216 Å². The zero-order chi connectivity index (χ0) is 99.3. The van der Waals surface area contributed by atoms with Crippen LogP contribution in [0.4, 0.5) is 53.5 Å². The Balaban J connectivity index is 0.000000155. The molecule has 16 rings (SSSR count). The molecule has 0 radical (unpaired) electrons. The second kappa shape index (κ2) is 43.5. The summed E-state index contributed by atoms with van der Waals surface area (Å²) in [6, 6.07) is 21.7. The molecule has 0 unspecified atom stereocenters. The molecule has 4 aromatic carbocycles. The third-order valence-electron chi connectivity index (χ3n) is 25.8. The number of nitrogens with two attached hydrogens (primary N) is 4. The van der Waals surface area contributed by atoms with Gasteiger partial charge in [-0.25, -0.2) is 56.3 Å². The first-order valence-corrected chi connectivity index (χ1v) is 49.6. The first kappa shape index (κ1) is 102. The maximum absolute atomic E-state index is 14.9. The highest BCUT2D eigenvalue weighted by molar-refractivity contribution is 9.10. The molecule has 8 heterocycles. The van der Waals surface area contributed by atoms with Crippen LogP contribution in [0.5, 0.6) is 0 Å². The number of anilines is 7. The van der Waals surface area contributed by atoms with Gasteiger partial charge < -0.3 is 68.9 Å². The third-order valence-corrected chi connectivity index (χ3v) is 27.6. The van der Waals surface area contributed by atoms with Gasteiger partial charge in [-0.2, -0.15) is 20.4 Å². The number of rotatable bonds is 33. The number of nitrogens with zero attached hydrogens (tertiary/aromatic N) is 16. The number of likely N-dealkylation sites (tertiary alicyclic amines) is 4. The second-order valence-electron chi connectivity index (χ2n) is 36.6. The lowest BCUT2D eigenvalue weighted by atomic mass is 9.87. The fourth-order valence-corrected chi connectivity index (χ4v) is 18.6. The van der Waals surface area contributed by atoms with Gasteiger partial charge in [0, 0.05) is 145 Å². The molecule has 138 heavy (non-hydrogen) atoms. The van der Waals surface area contributed by atoms with Crippen LogP contribution in [0, 0.1) is 67.4 Å². The summed E-state index contributed by atoms with van der Waals surface area (Å²) in [5.74, 6) is -4.84. The van der Waals surface area contributed by atoms with Crippen LogP contribution in [-0.4, -0.2) is 220 Å². The highest BCUT2D eigenvalue weighted by Crippen LogP contribution is 2.42. The molecule has 730 valence electrons. The summed E-state index contributed by atoms with van der Waals surface area (Å²) < 4.78 is 100. The lowest BCUT2D eigenvalue weighted by molar-refractivity contribution is -0.118. The normalized spacial score (nSPS) is 17.8. The molecule has 0 atom stereocenters. The number of carbonyl (C=O) groups is 9. The average Bonchev–Trinajstić information content (AvgIpc) is 1.64. The number of halogens is 4. The monoisotopic (exact) mass is 2000 g/mol. The van der Waals surface area contributed by atoms with Gasteiger partial charge in [-0.05, 0) is 178 Å². The highest BCUT2D eigenvalue weighted by atomic mass is 79.9. The molecule has 9 amide bonds. The minimum atomic E-state index is -3.62. The predicted octanol–water partition coefficient (Wildman–Crippen LogP) is 8.85. The summed E-state index contributed by atoms with van der Waals surface area (Å²) in [4.78, 5) is 131. The molecule has 4 aliphatic heterocycles. The summed E-state index contributed by atoms with van der Waals surface area (Å²) in [6.45, 7) is 39.2. The Kier molecular flexibility index (Phi) is 32.1. The number of primary amides is 4. The number of benzene rings is 4. The van der Waals surface area contributed by atoms with Crippen molar-refractivity contribution in [2.45, 2.75) is 158 Å². The summed E-state index contributed by atoms with van der Waals surface area (Å²) in [7, 11) is -7.24. The van der Waals surface area contributed by atoms with Gasteiger partial charge in [0.15, 0.2) is 29.1 Å². The SMILES string of the molecule is [C-]#[N+]CC1(n2cc(C(N)=O)c(NC(=O)C3CC3)n2)CCN(Cc2ccc(Br)c(F)c2)CC1.[C-]#[N+]CC1(n2cc(C(N)=O)c(NC(=O)C3CC3)n2)CCN(Cc2ccc(F)c(NS(C)(=O)=O)c2)CC1.[C-]#[N+]CC1(n2cc(C(N)=O)c(NC(=O)C3CC3)n2)CCN(Cc2cccc(NC(C)=O)c2)CC1.[C-]#[N+]CC1(n2cc(C(N)=O)c(NC(=O)C3CC3)n2)CCN(Cc2cccc(NS(C)(=O)=O)c2F)CC1. The van der Waals surface area contributed by atoms with Crippen LogP contribution in [0.2, 0.25) is 0 Å². The van der Waals surface area contributed by atoms with E-state index in [2.05, 4.69) is 106 Å². The molecule has 4 saturated heterocycles. The number of aromatic nitrogens is 8. The van der Waals surface area contributed by atoms with E-state index in [9.17, 15) is 73.2 Å². The van der Waals surface area contributed by atoms with Gasteiger partial charge in [-0.1, -0.05) is 36.4 Å². The van der Waals surface area contributed by atoms with E-state index in [0.717, 1.165) is 106 Å². The van der Waals surface area contributed by atoms with E-state index in [0.29, 0.717) is 114 Å². The van der Waals surface area contributed by atoms with Crippen molar-refractivity contribution < 1.29 is 73.2 Å². The molecule has 0 spiro atoms. The van der Waals surface area contributed by atoms with E-state index < -0.39 is 77.5 Å². The Hall–Kier alpha value is -13.5. The fourth-order valence-electron chi connectivity index (χ4n) is 17.3.